The highest BCUT2D eigenvalue weighted by Crippen LogP contribution is 2.23. The van der Waals surface area contributed by atoms with Gasteiger partial charge in [-0.2, -0.15) is 0 Å². The molecule has 0 spiro atoms. The maximum atomic E-state index is 4.97. The van der Waals surface area contributed by atoms with Crippen LogP contribution in [0, 0.1) is 0 Å². The second kappa shape index (κ2) is 11.1. The summed E-state index contributed by atoms with van der Waals surface area (Å²) in [5.41, 5.74) is 0.141. The molecule has 0 saturated heterocycles. The second-order valence-electron chi connectivity index (χ2n) is 7.69. The number of nitrogens with zero attached hydrogens (tertiary/aromatic N) is 2. The minimum Gasteiger partial charge on any atom is -0.358 e. The minimum absolute atomic E-state index is 0.141. The highest BCUT2D eigenvalue weighted by Gasteiger charge is 2.29. The van der Waals surface area contributed by atoms with Gasteiger partial charge in [-0.1, -0.05) is 71.6 Å². The first kappa shape index (κ1) is 19.5. The van der Waals surface area contributed by atoms with Crippen LogP contribution in [0.5, 0.6) is 0 Å². The molecule has 0 aromatic carbocycles. The summed E-state index contributed by atoms with van der Waals surface area (Å²) >= 11 is 0. The molecule has 1 heterocycles. The lowest BCUT2D eigenvalue weighted by atomic mass is 10.1. The molecule has 0 aliphatic carbocycles. The largest absolute Gasteiger partial charge is 0.358 e. The van der Waals surface area contributed by atoms with E-state index < -0.39 is 0 Å². The maximum Gasteiger partial charge on any atom is 0.0997 e. The molecule has 0 fully saturated rings. The molecule has 1 rings (SSSR count). The van der Waals surface area contributed by atoms with E-state index in [1.165, 1.54) is 89.4 Å². The van der Waals surface area contributed by atoms with E-state index in [9.17, 15) is 0 Å². The van der Waals surface area contributed by atoms with Gasteiger partial charge in [0.25, 0.3) is 0 Å². The van der Waals surface area contributed by atoms with Crippen LogP contribution in [0.25, 0.3) is 0 Å². The van der Waals surface area contributed by atoms with Crippen molar-refractivity contribution in [2.24, 2.45) is 4.99 Å². The predicted molar refractivity (Wildman–Crippen MR) is 99.8 cm³/mol. The zero-order chi connectivity index (χ0) is 16.3. The number of hydrogen-bond acceptors (Lipinski definition) is 2. The minimum atomic E-state index is 0.141. The van der Waals surface area contributed by atoms with Crippen LogP contribution in [0.15, 0.2) is 4.99 Å². The average molecular weight is 309 g/mol. The molecule has 130 valence electrons. The summed E-state index contributed by atoms with van der Waals surface area (Å²) in [6, 6.07) is 0. The Hall–Kier alpha value is -0.530. The third kappa shape index (κ3) is 8.19. The predicted octanol–water partition coefficient (Wildman–Crippen LogP) is 6.20. The Morgan fingerprint density at radius 2 is 1.36 bits per heavy atom. The van der Waals surface area contributed by atoms with Crippen molar-refractivity contribution < 1.29 is 0 Å². The standard InChI is InChI=1S/C20H40N2/c1-5-7-9-10-11-12-13-14-15-16-19-21-20(3,4)18-22(19)17-8-6-2/h5-18H2,1-4H3. The molecule has 22 heavy (non-hydrogen) atoms. The van der Waals surface area contributed by atoms with E-state index >= 15 is 0 Å². The number of aliphatic imine (C=N–C) groups is 1. The summed E-state index contributed by atoms with van der Waals surface area (Å²) < 4.78 is 0. The molecule has 0 N–H and O–H groups in total. The summed E-state index contributed by atoms with van der Waals surface area (Å²) in [7, 11) is 0. The summed E-state index contributed by atoms with van der Waals surface area (Å²) in [5.74, 6) is 1.39. The van der Waals surface area contributed by atoms with Crippen molar-refractivity contribution in [3.05, 3.63) is 0 Å². The molecule has 0 atom stereocenters. The number of unbranched alkanes of at least 4 members (excludes halogenated alkanes) is 9. The Labute approximate surface area is 139 Å². The van der Waals surface area contributed by atoms with Gasteiger partial charge in [-0.3, -0.25) is 4.99 Å². The molecular formula is C20H40N2. The van der Waals surface area contributed by atoms with Crippen LogP contribution in [0.2, 0.25) is 0 Å². The maximum absolute atomic E-state index is 4.97. The average Bonchev–Trinajstić information content (AvgIpc) is 2.77. The van der Waals surface area contributed by atoms with E-state index in [0.29, 0.717) is 0 Å². The van der Waals surface area contributed by atoms with Crippen LogP contribution in [-0.4, -0.2) is 29.4 Å². The van der Waals surface area contributed by atoms with Gasteiger partial charge in [0.15, 0.2) is 0 Å². The molecule has 1 aliphatic rings. The summed E-state index contributed by atoms with van der Waals surface area (Å²) in [6.07, 6.45) is 16.4. The normalized spacial score (nSPS) is 17.1. The van der Waals surface area contributed by atoms with Crippen molar-refractivity contribution in [3.63, 3.8) is 0 Å². The highest BCUT2D eigenvalue weighted by molar-refractivity contribution is 5.84. The summed E-state index contributed by atoms with van der Waals surface area (Å²) in [5, 5.41) is 0. The van der Waals surface area contributed by atoms with Crippen molar-refractivity contribution in [1.29, 1.82) is 0 Å². The third-order valence-electron chi connectivity index (χ3n) is 4.66. The van der Waals surface area contributed by atoms with Gasteiger partial charge in [0.2, 0.25) is 0 Å². The van der Waals surface area contributed by atoms with Gasteiger partial charge in [0, 0.05) is 19.5 Å². The van der Waals surface area contributed by atoms with Gasteiger partial charge in [-0.25, -0.2) is 0 Å². The van der Waals surface area contributed by atoms with E-state index in [1.54, 1.807) is 0 Å². The molecule has 1 aliphatic heterocycles. The van der Waals surface area contributed by atoms with Gasteiger partial charge >= 0.3 is 0 Å². The second-order valence-corrected chi connectivity index (χ2v) is 7.69. The van der Waals surface area contributed by atoms with E-state index in [4.69, 9.17) is 4.99 Å². The van der Waals surface area contributed by atoms with Gasteiger partial charge in [-0.15, -0.1) is 0 Å². The molecule has 0 bridgehead atoms. The van der Waals surface area contributed by atoms with Gasteiger partial charge in [-0.05, 0) is 26.7 Å². The molecule has 0 unspecified atom stereocenters. The van der Waals surface area contributed by atoms with E-state index in [-0.39, 0.29) is 5.54 Å². The van der Waals surface area contributed by atoms with Crippen LogP contribution in [0.4, 0.5) is 0 Å². The van der Waals surface area contributed by atoms with Crippen molar-refractivity contribution in [2.75, 3.05) is 13.1 Å². The SMILES string of the molecule is CCCCCCCCCCCC1=NC(C)(C)CN1CCCC. The number of rotatable bonds is 13. The Morgan fingerprint density at radius 1 is 0.818 bits per heavy atom. The fraction of sp³-hybridized carbons (Fsp3) is 0.950. The summed E-state index contributed by atoms with van der Waals surface area (Å²) in [6.45, 7) is 11.4. The van der Waals surface area contributed by atoms with Gasteiger partial charge in [0.1, 0.15) is 0 Å². The third-order valence-corrected chi connectivity index (χ3v) is 4.66. The first-order chi connectivity index (χ1) is 10.6. The lowest BCUT2D eigenvalue weighted by molar-refractivity contribution is 0.364. The van der Waals surface area contributed by atoms with E-state index in [0.717, 1.165) is 6.54 Å². The van der Waals surface area contributed by atoms with Crippen LogP contribution in [-0.2, 0) is 0 Å². The number of hydrogen-bond donors (Lipinski definition) is 0. The smallest absolute Gasteiger partial charge is 0.0997 e. The molecule has 0 aromatic rings. The zero-order valence-electron chi connectivity index (χ0n) is 15.8. The van der Waals surface area contributed by atoms with E-state index in [1.807, 2.05) is 0 Å². The van der Waals surface area contributed by atoms with Crippen LogP contribution < -0.4 is 0 Å². The molecule has 2 heteroatoms. The van der Waals surface area contributed by atoms with Crippen molar-refractivity contribution in [1.82, 2.24) is 4.90 Å². The van der Waals surface area contributed by atoms with Crippen LogP contribution >= 0.6 is 0 Å². The molecule has 0 amide bonds. The monoisotopic (exact) mass is 308 g/mol. The lowest BCUT2D eigenvalue weighted by Crippen LogP contribution is -2.33. The molecule has 0 aromatic heterocycles. The van der Waals surface area contributed by atoms with E-state index in [2.05, 4.69) is 32.6 Å². The van der Waals surface area contributed by atoms with Crippen molar-refractivity contribution in [3.8, 4) is 0 Å². The fourth-order valence-corrected chi connectivity index (χ4v) is 3.38. The topological polar surface area (TPSA) is 15.6 Å². The summed E-state index contributed by atoms with van der Waals surface area (Å²) in [4.78, 5) is 7.51. The Bertz CT molecular complexity index is 307. The van der Waals surface area contributed by atoms with Crippen LogP contribution in [0.3, 0.4) is 0 Å². The molecule has 0 saturated carbocycles. The van der Waals surface area contributed by atoms with Gasteiger partial charge in [0.05, 0.1) is 11.4 Å². The molecule has 0 radical (unpaired) electrons. The van der Waals surface area contributed by atoms with Crippen molar-refractivity contribution in [2.45, 2.75) is 110 Å². The quantitative estimate of drug-likeness (QED) is 0.370. The molecular weight excluding hydrogens is 268 g/mol. The Kier molecular flexibility index (Phi) is 9.82. The Morgan fingerprint density at radius 3 is 1.95 bits per heavy atom. The Balaban J connectivity index is 2.11. The number of amidine groups is 1. The van der Waals surface area contributed by atoms with Crippen molar-refractivity contribution >= 4 is 5.84 Å². The van der Waals surface area contributed by atoms with Crippen LogP contribution in [0.1, 0.15) is 105 Å². The molecule has 2 nitrogen and oxygen atoms in total. The fourth-order valence-electron chi connectivity index (χ4n) is 3.38. The van der Waals surface area contributed by atoms with Gasteiger partial charge < -0.3 is 4.90 Å². The first-order valence-corrected chi connectivity index (χ1v) is 9.92. The zero-order valence-corrected chi connectivity index (χ0v) is 15.8. The highest BCUT2D eigenvalue weighted by atomic mass is 15.3. The first-order valence-electron chi connectivity index (χ1n) is 9.92. The lowest BCUT2D eigenvalue weighted by Gasteiger charge is -2.22.